The first-order chi connectivity index (χ1) is 13.3. The molecular weight excluding hydrogens is 417 g/mol. The molecule has 0 N–H and O–H groups in total. The van der Waals surface area contributed by atoms with Gasteiger partial charge in [0.1, 0.15) is 6.33 Å². The third kappa shape index (κ3) is 3.64. The van der Waals surface area contributed by atoms with Gasteiger partial charge in [-0.2, -0.15) is 0 Å². The van der Waals surface area contributed by atoms with Crippen LogP contribution in [0, 0.1) is 0 Å². The van der Waals surface area contributed by atoms with Crippen molar-refractivity contribution in [2.24, 2.45) is 0 Å². The molecular formula is C20H19Cl2N3O2S. The molecule has 1 aromatic heterocycles. The van der Waals surface area contributed by atoms with Crippen LogP contribution < -0.4 is 4.90 Å². The van der Waals surface area contributed by atoms with Crippen LogP contribution in [0.2, 0.25) is 10.2 Å². The summed E-state index contributed by atoms with van der Waals surface area (Å²) in [7, 11) is -3.25. The van der Waals surface area contributed by atoms with Crippen LogP contribution in [0.25, 0.3) is 16.9 Å². The van der Waals surface area contributed by atoms with E-state index in [0.29, 0.717) is 15.9 Å². The van der Waals surface area contributed by atoms with Gasteiger partial charge in [-0.3, -0.25) is 4.57 Å². The van der Waals surface area contributed by atoms with Crippen molar-refractivity contribution in [3.63, 3.8) is 0 Å². The maximum Gasteiger partial charge on any atom is 0.175 e. The Morgan fingerprint density at radius 2 is 1.68 bits per heavy atom. The molecule has 0 amide bonds. The van der Waals surface area contributed by atoms with E-state index >= 15 is 0 Å². The molecule has 0 radical (unpaired) electrons. The van der Waals surface area contributed by atoms with E-state index in [9.17, 15) is 8.42 Å². The van der Waals surface area contributed by atoms with Gasteiger partial charge in [-0.1, -0.05) is 29.3 Å². The molecule has 0 bridgehead atoms. The molecule has 1 fully saturated rings. The van der Waals surface area contributed by atoms with Gasteiger partial charge in [0.2, 0.25) is 0 Å². The maximum absolute atomic E-state index is 11.7. The highest BCUT2D eigenvalue weighted by atomic mass is 35.5. The third-order valence-corrected chi connectivity index (χ3v) is 6.64. The van der Waals surface area contributed by atoms with E-state index in [-0.39, 0.29) is 4.90 Å². The smallest absolute Gasteiger partial charge is 0.175 e. The van der Waals surface area contributed by atoms with Gasteiger partial charge in [0.05, 0.1) is 21.3 Å². The summed E-state index contributed by atoms with van der Waals surface area (Å²) in [6.45, 7) is 2.04. The Morgan fingerprint density at radius 1 is 1.00 bits per heavy atom. The van der Waals surface area contributed by atoms with Crippen LogP contribution in [0.15, 0.2) is 53.7 Å². The van der Waals surface area contributed by atoms with Gasteiger partial charge in [-0.25, -0.2) is 13.4 Å². The summed E-state index contributed by atoms with van der Waals surface area (Å²) < 4.78 is 25.2. The first-order valence-corrected chi connectivity index (χ1v) is 11.6. The van der Waals surface area contributed by atoms with Gasteiger partial charge < -0.3 is 4.90 Å². The summed E-state index contributed by atoms with van der Waals surface area (Å²) in [6.07, 6.45) is 5.17. The topological polar surface area (TPSA) is 55.2 Å². The highest BCUT2D eigenvalue weighted by Crippen LogP contribution is 2.36. The number of anilines is 1. The number of imidazole rings is 1. The highest BCUT2D eigenvalue weighted by Gasteiger charge is 2.18. The normalized spacial score (nSPS) is 14.6. The quantitative estimate of drug-likeness (QED) is 0.587. The van der Waals surface area contributed by atoms with E-state index in [1.54, 1.807) is 30.6 Å². The van der Waals surface area contributed by atoms with E-state index in [0.717, 1.165) is 30.0 Å². The minimum absolute atomic E-state index is 0.266. The van der Waals surface area contributed by atoms with Crippen LogP contribution in [0.5, 0.6) is 0 Å². The number of aromatic nitrogens is 2. The fraction of sp³-hybridized carbons (Fsp3) is 0.250. The Hall–Kier alpha value is -2.02. The van der Waals surface area contributed by atoms with Gasteiger partial charge in [0.15, 0.2) is 15.0 Å². The SMILES string of the molecule is CS(=O)(=O)c1ccc(-n2cnc(Cl)c2-c2ccc(N3CCCC3)c(Cl)c2)cc1. The van der Waals surface area contributed by atoms with Crippen molar-refractivity contribution >= 4 is 38.7 Å². The largest absolute Gasteiger partial charge is 0.370 e. The van der Waals surface area contributed by atoms with Gasteiger partial charge in [0, 0.05) is 30.6 Å². The van der Waals surface area contributed by atoms with Crippen molar-refractivity contribution in [3.8, 4) is 16.9 Å². The minimum atomic E-state index is -3.25. The lowest BCUT2D eigenvalue weighted by atomic mass is 10.1. The van der Waals surface area contributed by atoms with Crippen molar-refractivity contribution < 1.29 is 8.42 Å². The summed E-state index contributed by atoms with van der Waals surface area (Å²) >= 11 is 12.9. The molecule has 28 heavy (non-hydrogen) atoms. The lowest BCUT2D eigenvalue weighted by Crippen LogP contribution is -2.17. The Bertz CT molecular complexity index is 1120. The second-order valence-electron chi connectivity index (χ2n) is 6.88. The van der Waals surface area contributed by atoms with E-state index in [1.807, 2.05) is 22.8 Å². The van der Waals surface area contributed by atoms with Gasteiger partial charge in [0.25, 0.3) is 0 Å². The lowest BCUT2D eigenvalue weighted by Gasteiger charge is -2.20. The predicted molar refractivity (Wildman–Crippen MR) is 114 cm³/mol. The maximum atomic E-state index is 11.7. The molecule has 0 aliphatic carbocycles. The molecule has 4 rings (SSSR count). The Kier molecular flexibility index (Phi) is 5.12. The second-order valence-corrected chi connectivity index (χ2v) is 9.66. The fourth-order valence-corrected chi connectivity index (χ4v) is 4.68. The van der Waals surface area contributed by atoms with Gasteiger partial charge in [-0.15, -0.1) is 0 Å². The summed E-state index contributed by atoms with van der Waals surface area (Å²) in [5.41, 5.74) is 3.36. The first-order valence-electron chi connectivity index (χ1n) is 8.93. The molecule has 0 saturated carbocycles. The fourth-order valence-electron chi connectivity index (χ4n) is 3.50. The lowest BCUT2D eigenvalue weighted by molar-refractivity contribution is 0.602. The molecule has 3 aromatic rings. The molecule has 0 spiro atoms. The van der Waals surface area contributed by atoms with Gasteiger partial charge in [-0.05, 0) is 49.2 Å². The molecule has 1 aliphatic rings. The average Bonchev–Trinajstić information content (AvgIpc) is 3.31. The van der Waals surface area contributed by atoms with Crippen LogP contribution in [-0.4, -0.2) is 37.3 Å². The average molecular weight is 436 g/mol. The van der Waals surface area contributed by atoms with Crippen molar-refractivity contribution in [2.45, 2.75) is 17.7 Å². The zero-order valence-electron chi connectivity index (χ0n) is 15.3. The first kappa shape index (κ1) is 19.3. The van der Waals surface area contributed by atoms with Crippen molar-refractivity contribution in [1.29, 1.82) is 0 Å². The molecule has 8 heteroatoms. The minimum Gasteiger partial charge on any atom is -0.370 e. The summed E-state index contributed by atoms with van der Waals surface area (Å²) in [6, 6.07) is 12.5. The molecule has 5 nitrogen and oxygen atoms in total. The zero-order chi connectivity index (χ0) is 19.9. The zero-order valence-corrected chi connectivity index (χ0v) is 17.6. The van der Waals surface area contributed by atoms with Crippen molar-refractivity contribution in [2.75, 3.05) is 24.2 Å². The van der Waals surface area contributed by atoms with Crippen LogP contribution in [0.4, 0.5) is 5.69 Å². The Balaban J connectivity index is 1.74. The standard InChI is InChI=1S/C20H19Cl2N3O2S/c1-28(26,27)16-7-5-15(6-8-16)25-13-23-20(22)19(25)14-4-9-18(17(21)12-14)24-10-2-3-11-24/h4-9,12-13H,2-3,10-11H2,1H3. The monoisotopic (exact) mass is 435 g/mol. The predicted octanol–water partition coefficient (Wildman–Crippen LogP) is 4.85. The van der Waals surface area contributed by atoms with Gasteiger partial charge >= 0.3 is 0 Å². The Morgan fingerprint density at radius 3 is 2.29 bits per heavy atom. The molecule has 1 aliphatic heterocycles. The third-order valence-electron chi connectivity index (χ3n) is 4.93. The van der Waals surface area contributed by atoms with Crippen LogP contribution in [0.3, 0.4) is 0 Å². The number of hydrogen-bond acceptors (Lipinski definition) is 4. The van der Waals surface area contributed by atoms with Crippen LogP contribution in [-0.2, 0) is 9.84 Å². The molecule has 0 atom stereocenters. The van der Waals surface area contributed by atoms with Crippen LogP contribution in [0.1, 0.15) is 12.8 Å². The summed E-state index contributed by atoms with van der Waals surface area (Å²) in [5, 5.41) is 1.04. The molecule has 0 unspecified atom stereocenters. The number of halogens is 2. The van der Waals surface area contributed by atoms with E-state index in [4.69, 9.17) is 23.2 Å². The number of benzene rings is 2. The van der Waals surface area contributed by atoms with Crippen molar-refractivity contribution in [3.05, 3.63) is 59.0 Å². The number of sulfone groups is 1. The Labute approximate surface area is 174 Å². The number of rotatable bonds is 4. The second kappa shape index (κ2) is 7.43. The molecule has 2 aromatic carbocycles. The van der Waals surface area contributed by atoms with E-state index < -0.39 is 9.84 Å². The van der Waals surface area contributed by atoms with E-state index in [1.165, 1.54) is 19.1 Å². The molecule has 2 heterocycles. The number of hydrogen-bond donors (Lipinski definition) is 0. The summed E-state index contributed by atoms with van der Waals surface area (Å²) in [5.74, 6) is 0. The number of nitrogens with zero attached hydrogens (tertiary/aromatic N) is 3. The highest BCUT2D eigenvalue weighted by molar-refractivity contribution is 7.90. The molecule has 1 saturated heterocycles. The van der Waals surface area contributed by atoms with Crippen molar-refractivity contribution in [1.82, 2.24) is 9.55 Å². The summed E-state index contributed by atoms with van der Waals surface area (Å²) in [4.78, 5) is 6.78. The molecule has 146 valence electrons. The van der Waals surface area contributed by atoms with E-state index in [2.05, 4.69) is 9.88 Å². The van der Waals surface area contributed by atoms with Crippen LogP contribution >= 0.6 is 23.2 Å².